The Morgan fingerprint density at radius 3 is 2.79 bits per heavy atom. The van der Waals surface area contributed by atoms with Crippen LogP contribution in [0.25, 0.3) is 0 Å². The Bertz CT molecular complexity index is 410. The van der Waals surface area contributed by atoms with Crippen LogP contribution in [-0.2, 0) is 6.42 Å². The highest BCUT2D eigenvalue weighted by molar-refractivity contribution is 5.09. The highest BCUT2D eigenvalue weighted by Gasteiger charge is 2.34. The average molecular weight is 260 g/mol. The van der Waals surface area contributed by atoms with E-state index in [9.17, 15) is 5.26 Å². The number of aromatic nitrogens is 1. The molecule has 104 valence electrons. The van der Waals surface area contributed by atoms with Gasteiger partial charge in [-0.1, -0.05) is 0 Å². The predicted octanol–water partition coefficient (Wildman–Crippen LogP) is 1.91. The molecular formula is C15H24N4. The Morgan fingerprint density at radius 2 is 2.26 bits per heavy atom. The highest BCUT2D eigenvalue weighted by Crippen LogP contribution is 2.29. The molecule has 1 saturated carbocycles. The molecule has 0 bridgehead atoms. The molecule has 0 saturated heterocycles. The van der Waals surface area contributed by atoms with E-state index >= 15 is 0 Å². The van der Waals surface area contributed by atoms with E-state index in [1.807, 2.05) is 19.3 Å². The standard InChI is InChI=1S/C15H24N4/c1-17-15(12-16)8-5-14(6-9-15)19(2)11-7-13-4-3-10-18-13/h3-4,10,14,17-18H,5-9,11H2,1-2H3. The number of nitrogens with one attached hydrogen (secondary N) is 2. The van der Waals surface area contributed by atoms with Crippen LogP contribution in [0.4, 0.5) is 0 Å². The van der Waals surface area contributed by atoms with Crippen LogP contribution >= 0.6 is 0 Å². The summed E-state index contributed by atoms with van der Waals surface area (Å²) in [7, 11) is 4.10. The minimum Gasteiger partial charge on any atom is -0.365 e. The largest absolute Gasteiger partial charge is 0.365 e. The van der Waals surface area contributed by atoms with Crippen LogP contribution in [0.5, 0.6) is 0 Å². The second-order valence-corrected chi connectivity index (χ2v) is 5.60. The first-order chi connectivity index (χ1) is 9.19. The third-order valence-corrected chi connectivity index (χ3v) is 4.52. The van der Waals surface area contributed by atoms with Gasteiger partial charge < -0.3 is 15.2 Å². The van der Waals surface area contributed by atoms with Crippen LogP contribution in [0.15, 0.2) is 18.3 Å². The lowest BCUT2D eigenvalue weighted by atomic mass is 9.80. The maximum absolute atomic E-state index is 9.26. The van der Waals surface area contributed by atoms with Crippen molar-refractivity contribution in [1.82, 2.24) is 15.2 Å². The van der Waals surface area contributed by atoms with E-state index in [1.54, 1.807) is 0 Å². The zero-order valence-corrected chi connectivity index (χ0v) is 11.9. The number of hydrogen-bond acceptors (Lipinski definition) is 3. The maximum Gasteiger partial charge on any atom is 0.106 e. The van der Waals surface area contributed by atoms with Crippen LogP contribution in [0.1, 0.15) is 31.4 Å². The predicted molar refractivity (Wildman–Crippen MR) is 76.8 cm³/mol. The smallest absolute Gasteiger partial charge is 0.106 e. The van der Waals surface area contributed by atoms with Crippen LogP contribution in [-0.4, -0.2) is 42.1 Å². The van der Waals surface area contributed by atoms with Crippen molar-refractivity contribution in [3.8, 4) is 6.07 Å². The van der Waals surface area contributed by atoms with Gasteiger partial charge in [0, 0.05) is 30.9 Å². The first kappa shape index (κ1) is 14.1. The molecule has 0 aromatic carbocycles. The van der Waals surface area contributed by atoms with Crippen LogP contribution in [0.2, 0.25) is 0 Å². The molecule has 1 aromatic heterocycles. The lowest BCUT2D eigenvalue weighted by molar-refractivity contribution is 0.158. The molecule has 0 unspecified atom stereocenters. The first-order valence-corrected chi connectivity index (χ1v) is 7.12. The normalized spacial score (nSPS) is 27.4. The summed E-state index contributed by atoms with van der Waals surface area (Å²) in [6, 6.07) is 7.24. The second kappa shape index (κ2) is 6.23. The Morgan fingerprint density at radius 1 is 1.53 bits per heavy atom. The van der Waals surface area contributed by atoms with Crippen LogP contribution in [0.3, 0.4) is 0 Å². The second-order valence-electron chi connectivity index (χ2n) is 5.60. The van der Waals surface area contributed by atoms with Gasteiger partial charge in [0.25, 0.3) is 0 Å². The van der Waals surface area contributed by atoms with E-state index < -0.39 is 0 Å². The minimum absolute atomic E-state index is 0.281. The van der Waals surface area contributed by atoms with E-state index in [2.05, 4.69) is 34.4 Å². The monoisotopic (exact) mass is 260 g/mol. The average Bonchev–Trinajstić information content (AvgIpc) is 2.98. The molecule has 0 aliphatic heterocycles. The quantitative estimate of drug-likeness (QED) is 0.850. The molecule has 0 amide bonds. The Kier molecular flexibility index (Phi) is 4.62. The van der Waals surface area contributed by atoms with Crippen molar-refractivity contribution in [2.45, 2.75) is 43.7 Å². The van der Waals surface area contributed by atoms with Crippen molar-refractivity contribution in [2.75, 3.05) is 20.6 Å². The Labute approximate surface area is 115 Å². The summed E-state index contributed by atoms with van der Waals surface area (Å²) in [5.41, 5.74) is 1.01. The fourth-order valence-electron chi connectivity index (χ4n) is 2.96. The van der Waals surface area contributed by atoms with Gasteiger partial charge in [-0.15, -0.1) is 0 Å². The summed E-state index contributed by atoms with van der Waals surface area (Å²) in [4.78, 5) is 5.69. The molecule has 2 N–H and O–H groups in total. The zero-order chi connectivity index (χ0) is 13.7. The molecule has 1 aliphatic rings. The third-order valence-electron chi connectivity index (χ3n) is 4.52. The molecular weight excluding hydrogens is 236 g/mol. The number of nitrogens with zero attached hydrogens (tertiary/aromatic N) is 2. The fourth-order valence-corrected chi connectivity index (χ4v) is 2.96. The first-order valence-electron chi connectivity index (χ1n) is 7.12. The topological polar surface area (TPSA) is 54.9 Å². The number of H-pyrrole nitrogens is 1. The maximum atomic E-state index is 9.26. The van der Waals surface area contributed by atoms with E-state index in [-0.39, 0.29) is 5.54 Å². The van der Waals surface area contributed by atoms with Crippen LogP contribution < -0.4 is 5.32 Å². The number of rotatable bonds is 5. The fraction of sp³-hybridized carbons (Fsp3) is 0.667. The van der Waals surface area contributed by atoms with Crippen molar-refractivity contribution in [1.29, 1.82) is 5.26 Å². The molecule has 1 fully saturated rings. The number of nitriles is 1. The SMILES string of the molecule is CNC1(C#N)CCC(N(C)CCc2ccc[nH]2)CC1. The molecule has 0 spiro atoms. The summed E-state index contributed by atoms with van der Waals surface area (Å²) in [6.45, 7) is 1.07. The van der Waals surface area contributed by atoms with Gasteiger partial charge in [-0.2, -0.15) is 5.26 Å². The zero-order valence-electron chi connectivity index (χ0n) is 11.9. The number of hydrogen-bond donors (Lipinski definition) is 2. The summed E-state index contributed by atoms with van der Waals surface area (Å²) in [5, 5.41) is 12.5. The summed E-state index contributed by atoms with van der Waals surface area (Å²) < 4.78 is 0. The summed E-state index contributed by atoms with van der Waals surface area (Å²) >= 11 is 0. The van der Waals surface area contributed by atoms with E-state index in [0.29, 0.717) is 6.04 Å². The highest BCUT2D eigenvalue weighted by atomic mass is 15.1. The molecule has 2 rings (SSSR count). The van der Waals surface area contributed by atoms with Gasteiger partial charge in [-0.3, -0.25) is 0 Å². The lowest BCUT2D eigenvalue weighted by Gasteiger charge is -2.38. The van der Waals surface area contributed by atoms with Crippen molar-refractivity contribution in [3.63, 3.8) is 0 Å². The molecule has 4 heteroatoms. The van der Waals surface area contributed by atoms with Gasteiger partial charge >= 0.3 is 0 Å². The van der Waals surface area contributed by atoms with Gasteiger partial charge in [-0.05, 0) is 51.9 Å². The minimum atomic E-state index is -0.281. The summed E-state index contributed by atoms with van der Waals surface area (Å²) in [5.74, 6) is 0. The number of aromatic amines is 1. The van der Waals surface area contributed by atoms with Crippen molar-refractivity contribution in [3.05, 3.63) is 24.0 Å². The molecule has 0 radical (unpaired) electrons. The van der Waals surface area contributed by atoms with E-state index in [4.69, 9.17) is 0 Å². The van der Waals surface area contributed by atoms with E-state index in [1.165, 1.54) is 5.69 Å². The van der Waals surface area contributed by atoms with Gasteiger partial charge in [0.15, 0.2) is 0 Å². The van der Waals surface area contributed by atoms with Crippen LogP contribution in [0, 0.1) is 11.3 Å². The van der Waals surface area contributed by atoms with Crippen molar-refractivity contribution >= 4 is 0 Å². The molecule has 0 atom stereocenters. The van der Waals surface area contributed by atoms with Gasteiger partial charge in [-0.25, -0.2) is 0 Å². The molecule has 19 heavy (non-hydrogen) atoms. The molecule has 1 aliphatic carbocycles. The van der Waals surface area contributed by atoms with Gasteiger partial charge in [0.05, 0.1) is 6.07 Å². The van der Waals surface area contributed by atoms with E-state index in [0.717, 1.165) is 38.6 Å². The van der Waals surface area contributed by atoms with Gasteiger partial charge in [0.2, 0.25) is 0 Å². The lowest BCUT2D eigenvalue weighted by Crippen LogP contribution is -2.48. The molecule has 4 nitrogen and oxygen atoms in total. The molecule has 1 aromatic rings. The summed E-state index contributed by atoms with van der Waals surface area (Å²) in [6.07, 6.45) is 7.17. The Balaban J connectivity index is 1.79. The third kappa shape index (κ3) is 3.37. The Hall–Kier alpha value is -1.31. The number of likely N-dealkylation sites (N-methyl/N-ethyl adjacent to an activating group) is 1. The van der Waals surface area contributed by atoms with Gasteiger partial charge in [0.1, 0.15) is 5.54 Å². The van der Waals surface area contributed by atoms with Crippen molar-refractivity contribution < 1.29 is 0 Å². The van der Waals surface area contributed by atoms with Crippen molar-refractivity contribution in [2.24, 2.45) is 0 Å². The molecule has 1 heterocycles.